The average molecular weight is 723 g/mol. The summed E-state index contributed by atoms with van der Waals surface area (Å²) < 4.78 is 6.06. The third-order valence-electron chi connectivity index (χ3n) is 17.2. The molecule has 4 nitrogen and oxygen atoms in total. The number of hydrogen-bond acceptors (Lipinski definition) is 4. The quantitative estimate of drug-likeness (QED) is 0.120. The molecule has 5 rings (SSSR count). The van der Waals surface area contributed by atoms with E-state index in [1.165, 1.54) is 82.6 Å². The molecule has 0 radical (unpaired) electrons. The maximum atomic E-state index is 14.6. The fraction of sp³-hybridized carbons (Fsp3) is 0.917. The Kier molecular flexibility index (Phi) is 13.3. The molecule has 0 aliphatic heterocycles. The van der Waals surface area contributed by atoms with Gasteiger partial charge in [0.1, 0.15) is 0 Å². The van der Waals surface area contributed by atoms with Gasteiger partial charge in [-0.2, -0.15) is 0 Å². The van der Waals surface area contributed by atoms with Crippen LogP contribution >= 0.6 is 0 Å². The molecule has 0 aromatic carbocycles. The van der Waals surface area contributed by atoms with E-state index in [1.54, 1.807) is 0 Å². The summed E-state index contributed by atoms with van der Waals surface area (Å²) in [6.07, 6.45) is 29.2. The van der Waals surface area contributed by atoms with Crippen LogP contribution in [-0.4, -0.2) is 29.6 Å². The Bertz CT molecular complexity index is 1260. The first-order chi connectivity index (χ1) is 24.4. The maximum absolute atomic E-state index is 14.6. The van der Waals surface area contributed by atoms with E-state index in [4.69, 9.17) is 4.74 Å². The van der Waals surface area contributed by atoms with Gasteiger partial charge in [0.05, 0.1) is 18.1 Å². The van der Waals surface area contributed by atoms with E-state index in [2.05, 4.69) is 68.4 Å². The minimum atomic E-state index is -0.495. The van der Waals surface area contributed by atoms with Crippen molar-refractivity contribution in [1.29, 1.82) is 0 Å². The normalized spacial score (nSPS) is 39.6. The Morgan fingerprint density at radius 1 is 0.750 bits per heavy atom. The van der Waals surface area contributed by atoms with Gasteiger partial charge in [-0.05, 0) is 122 Å². The Morgan fingerprint density at radius 3 is 1.90 bits per heavy atom. The van der Waals surface area contributed by atoms with Crippen LogP contribution in [0.3, 0.4) is 0 Å². The van der Waals surface area contributed by atoms with Crippen LogP contribution in [-0.2, 0) is 14.3 Å². The number of fused-ring (bicyclic) bond motifs is 7. The lowest BCUT2D eigenvalue weighted by atomic mass is 9.33. The first kappa shape index (κ1) is 42.0. The van der Waals surface area contributed by atoms with E-state index >= 15 is 0 Å². The molecule has 0 heterocycles. The summed E-state index contributed by atoms with van der Waals surface area (Å²) in [5.74, 6) is 1.75. The number of allylic oxidation sites excluding steroid dienone is 2. The number of aliphatic hydroxyl groups is 1. The fourth-order valence-corrected chi connectivity index (χ4v) is 13.3. The molecule has 0 amide bonds. The van der Waals surface area contributed by atoms with Gasteiger partial charge in [0.25, 0.3) is 0 Å². The monoisotopic (exact) mass is 723 g/mol. The molecule has 0 aromatic rings. The van der Waals surface area contributed by atoms with Crippen molar-refractivity contribution in [3.63, 3.8) is 0 Å². The number of ether oxygens (including phenoxy) is 1. The lowest BCUT2D eigenvalue weighted by Gasteiger charge is -2.70. The lowest BCUT2D eigenvalue weighted by molar-refractivity contribution is -0.202. The second-order valence-electron chi connectivity index (χ2n) is 21.5. The van der Waals surface area contributed by atoms with Crippen molar-refractivity contribution in [2.45, 2.75) is 216 Å². The summed E-state index contributed by atoms with van der Waals surface area (Å²) >= 11 is 0. The van der Waals surface area contributed by atoms with Crippen molar-refractivity contribution in [2.24, 2.45) is 56.2 Å². The van der Waals surface area contributed by atoms with Gasteiger partial charge in [0, 0.05) is 5.92 Å². The number of esters is 1. The van der Waals surface area contributed by atoms with Gasteiger partial charge in [0.2, 0.25) is 0 Å². The van der Waals surface area contributed by atoms with Gasteiger partial charge in [-0.1, -0.05) is 144 Å². The predicted octanol–water partition coefficient (Wildman–Crippen LogP) is 13.0. The Hall–Kier alpha value is -1.16. The molecule has 9 atom stereocenters. The van der Waals surface area contributed by atoms with E-state index in [0.717, 1.165) is 76.5 Å². The second kappa shape index (κ2) is 16.5. The molecule has 52 heavy (non-hydrogen) atoms. The number of ketones is 1. The first-order valence-corrected chi connectivity index (χ1v) is 22.6. The van der Waals surface area contributed by atoms with Crippen molar-refractivity contribution in [2.75, 3.05) is 6.61 Å². The molecule has 0 saturated heterocycles. The lowest BCUT2D eigenvalue weighted by Crippen LogP contribution is -2.66. The van der Waals surface area contributed by atoms with Gasteiger partial charge >= 0.3 is 5.97 Å². The van der Waals surface area contributed by atoms with E-state index in [1.807, 2.05) is 0 Å². The smallest absolute Gasteiger partial charge is 0.311 e. The van der Waals surface area contributed by atoms with Crippen LogP contribution < -0.4 is 0 Å². The van der Waals surface area contributed by atoms with Gasteiger partial charge in [0.15, 0.2) is 5.78 Å². The van der Waals surface area contributed by atoms with Crippen LogP contribution in [0.25, 0.3) is 0 Å². The molecule has 1 N–H and O–H groups in total. The summed E-state index contributed by atoms with van der Waals surface area (Å²) in [6.45, 7) is 21.6. The molecular weight excluding hydrogens is 641 g/mol. The number of hydrogen-bond donors (Lipinski definition) is 1. The summed E-state index contributed by atoms with van der Waals surface area (Å²) in [4.78, 5) is 28.4. The number of carbonyl (C=O) groups excluding carboxylic acids is 2. The van der Waals surface area contributed by atoms with Crippen molar-refractivity contribution >= 4 is 11.8 Å². The average Bonchev–Trinajstić information content (AvgIpc) is 3.08. The highest BCUT2D eigenvalue weighted by Gasteiger charge is 2.70. The highest BCUT2D eigenvalue weighted by molar-refractivity contribution is 5.95. The molecule has 298 valence electrons. The zero-order valence-corrected chi connectivity index (χ0v) is 35.6. The summed E-state index contributed by atoms with van der Waals surface area (Å²) in [7, 11) is 0. The SMILES string of the molecule is CC(C)CCCCCCCCCCCCCCCOC(=O)[C@@]1(C)CC[C@]2(C)CC[C@]3(C)C(=CC(=O)[C@@H]4[C@@]5(C)CC[C@H](O)C(C)(C)C5CC[C@]43C)[C@H]2C1. The number of rotatable bonds is 17. The number of carbonyl (C=O) groups is 2. The predicted molar refractivity (Wildman–Crippen MR) is 216 cm³/mol. The Morgan fingerprint density at radius 2 is 1.31 bits per heavy atom. The largest absolute Gasteiger partial charge is 0.465 e. The Labute approximate surface area is 320 Å². The summed E-state index contributed by atoms with van der Waals surface area (Å²) in [5.41, 5.74) is 0.542. The highest BCUT2D eigenvalue weighted by atomic mass is 16.5. The molecule has 0 aromatic heterocycles. The molecule has 5 aliphatic rings. The Balaban J connectivity index is 1.10. The first-order valence-electron chi connectivity index (χ1n) is 22.6. The fourth-order valence-electron chi connectivity index (χ4n) is 13.3. The van der Waals surface area contributed by atoms with Crippen LogP contribution in [0.1, 0.15) is 210 Å². The van der Waals surface area contributed by atoms with Gasteiger partial charge in [-0.3, -0.25) is 9.59 Å². The van der Waals surface area contributed by atoms with Crippen molar-refractivity contribution in [3.8, 4) is 0 Å². The van der Waals surface area contributed by atoms with Crippen LogP contribution in [0.2, 0.25) is 0 Å². The third kappa shape index (κ3) is 8.05. The molecule has 5 aliphatic carbocycles. The maximum Gasteiger partial charge on any atom is 0.311 e. The molecule has 4 saturated carbocycles. The zero-order chi connectivity index (χ0) is 38.0. The second-order valence-corrected chi connectivity index (χ2v) is 21.5. The van der Waals surface area contributed by atoms with Crippen LogP contribution in [0.4, 0.5) is 0 Å². The molecule has 0 bridgehead atoms. The van der Waals surface area contributed by atoms with Crippen molar-refractivity contribution in [1.82, 2.24) is 0 Å². The van der Waals surface area contributed by atoms with E-state index in [-0.39, 0.29) is 51.0 Å². The van der Waals surface area contributed by atoms with E-state index in [0.29, 0.717) is 18.3 Å². The minimum absolute atomic E-state index is 0.00964. The van der Waals surface area contributed by atoms with E-state index < -0.39 is 5.41 Å². The van der Waals surface area contributed by atoms with Crippen LogP contribution in [0.15, 0.2) is 11.6 Å². The summed E-state index contributed by atoms with van der Waals surface area (Å²) in [5, 5.41) is 11.0. The van der Waals surface area contributed by atoms with Gasteiger partial charge in [-0.15, -0.1) is 0 Å². The number of unbranched alkanes of at least 4 members (excludes halogenated alkanes) is 12. The molecule has 1 unspecified atom stereocenters. The topological polar surface area (TPSA) is 63.6 Å². The molecule has 4 heteroatoms. The molecule has 4 fully saturated rings. The summed E-state index contributed by atoms with van der Waals surface area (Å²) in [6, 6.07) is 0. The highest BCUT2D eigenvalue weighted by Crippen LogP contribution is 2.75. The molecular formula is C48H82O4. The molecule has 0 spiro atoms. The van der Waals surface area contributed by atoms with Crippen LogP contribution in [0.5, 0.6) is 0 Å². The van der Waals surface area contributed by atoms with Gasteiger partial charge in [-0.25, -0.2) is 0 Å². The minimum Gasteiger partial charge on any atom is -0.465 e. The number of aliphatic hydroxyl groups excluding tert-OH is 1. The standard InChI is InChI=1S/C48H82O4/c1-35(2)23-21-19-17-15-13-11-10-12-14-16-18-20-22-32-52-42(51)45(6)29-28-44(5)30-31-47(8)36(37(44)34-45)33-38(49)41-46(7)26-25-40(50)43(3,4)39(46)24-27-48(41,47)9/h33,35,37,39-41,50H,10-32,34H2,1-9H3/t37-,39?,40+,41-,44-,45+,46+,47-,48-/m1/s1. The zero-order valence-electron chi connectivity index (χ0n) is 35.6. The van der Waals surface area contributed by atoms with Gasteiger partial charge < -0.3 is 9.84 Å². The van der Waals surface area contributed by atoms with Crippen LogP contribution in [0, 0.1) is 56.2 Å². The van der Waals surface area contributed by atoms with Crippen molar-refractivity contribution in [3.05, 3.63) is 11.6 Å². The van der Waals surface area contributed by atoms with Crippen molar-refractivity contribution < 1.29 is 19.4 Å². The third-order valence-corrected chi connectivity index (χ3v) is 17.2. The van der Waals surface area contributed by atoms with E-state index in [9.17, 15) is 14.7 Å².